The normalized spacial score (nSPS) is 22.9. The molecule has 0 bridgehead atoms. The molecule has 0 aliphatic carbocycles. The summed E-state index contributed by atoms with van der Waals surface area (Å²) in [6, 6.07) is 3.04. The molecule has 0 spiro atoms. The van der Waals surface area contributed by atoms with E-state index in [4.69, 9.17) is 34.8 Å². The summed E-state index contributed by atoms with van der Waals surface area (Å²) >= 11 is 18.8. The van der Waals surface area contributed by atoms with Gasteiger partial charge in [0, 0.05) is 6.04 Å². The Hall–Kier alpha value is -0.0500. The van der Waals surface area contributed by atoms with Crippen LogP contribution in [0.5, 0.6) is 0 Å². The van der Waals surface area contributed by atoms with Gasteiger partial charge in [0.2, 0.25) is 3.79 Å². The van der Waals surface area contributed by atoms with E-state index in [1.165, 1.54) is 11.3 Å². The maximum atomic E-state index is 12.0. The number of carbonyl (C=O) groups is 1. The van der Waals surface area contributed by atoms with Gasteiger partial charge in [0.15, 0.2) is 9.84 Å². The Kier molecular flexibility index (Phi) is 5.44. The second-order valence-electron chi connectivity index (χ2n) is 4.69. The van der Waals surface area contributed by atoms with E-state index in [9.17, 15) is 13.2 Å². The zero-order valence-corrected chi connectivity index (χ0v) is 14.6. The third-order valence-corrected chi connectivity index (χ3v) is 6.27. The zero-order valence-electron chi connectivity index (χ0n) is 10.7. The van der Waals surface area contributed by atoms with Gasteiger partial charge in [0.05, 0.1) is 16.4 Å². The second-order valence-corrected chi connectivity index (χ2v) is 10.2. The Labute approximate surface area is 141 Å². The van der Waals surface area contributed by atoms with Crippen LogP contribution in [0.1, 0.15) is 16.1 Å². The van der Waals surface area contributed by atoms with Crippen molar-refractivity contribution >= 4 is 61.9 Å². The predicted molar refractivity (Wildman–Crippen MR) is 86.1 cm³/mol. The molecule has 2 rings (SSSR count). The van der Waals surface area contributed by atoms with Crippen LogP contribution < -0.4 is 10.6 Å². The highest BCUT2D eigenvalue weighted by molar-refractivity contribution is 7.91. The van der Waals surface area contributed by atoms with Crippen molar-refractivity contribution < 1.29 is 13.2 Å². The number of hydrogen-bond donors (Lipinski definition) is 2. The lowest BCUT2D eigenvalue weighted by molar-refractivity contribution is 0.0931. The molecule has 0 aromatic carbocycles. The van der Waals surface area contributed by atoms with E-state index in [1.807, 2.05) is 0 Å². The van der Waals surface area contributed by atoms with Gasteiger partial charge in [-0.1, -0.05) is 40.9 Å². The van der Waals surface area contributed by atoms with Gasteiger partial charge in [0.1, 0.15) is 6.17 Å². The highest BCUT2D eigenvalue weighted by Crippen LogP contribution is 2.30. The lowest BCUT2D eigenvalue weighted by Crippen LogP contribution is -2.56. The summed E-state index contributed by atoms with van der Waals surface area (Å²) in [6.07, 6.45) is -0.551. The molecule has 1 aliphatic rings. The van der Waals surface area contributed by atoms with Gasteiger partial charge in [-0.3, -0.25) is 10.1 Å². The van der Waals surface area contributed by atoms with Crippen LogP contribution in [-0.4, -0.2) is 41.8 Å². The fourth-order valence-electron chi connectivity index (χ4n) is 1.99. The van der Waals surface area contributed by atoms with Gasteiger partial charge in [0.25, 0.3) is 5.91 Å². The Balaban J connectivity index is 2.04. The number of hydrogen-bond acceptors (Lipinski definition) is 5. The van der Waals surface area contributed by atoms with Gasteiger partial charge >= 0.3 is 0 Å². The second kappa shape index (κ2) is 6.60. The molecular weight excluding hydrogens is 379 g/mol. The Morgan fingerprint density at radius 1 is 1.43 bits per heavy atom. The molecule has 2 N–H and O–H groups in total. The van der Waals surface area contributed by atoms with Crippen molar-refractivity contribution in [3.05, 3.63) is 22.4 Å². The molecule has 2 heterocycles. The van der Waals surface area contributed by atoms with E-state index in [1.54, 1.807) is 17.5 Å². The molecule has 5 nitrogen and oxygen atoms in total. The lowest BCUT2D eigenvalue weighted by Gasteiger charge is -2.28. The van der Waals surface area contributed by atoms with E-state index in [-0.39, 0.29) is 23.5 Å². The van der Waals surface area contributed by atoms with Crippen molar-refractivity contribution in [3.8, 4) is 0 Å². The van der Waals surface area contributed by atoms with Gasteiger partial charge < -0.3 is 5.32 Å². The van der Waals surface area contributed by atoms with Gasteiger partial charge in [-0.05, 0) is 17.9 Å². The average molecular weight is 392 g/mol. The Morgan fingerprint density at radius 3 is 2.62 bits per heavy atom. The van der Waals surface area contributed by atoms with Crippen LogP contribution in [-0.2, 0) is 9.84 Å². The molecule has 1 aromatic rings. The van der Waals surface area contributed by atoms with Crippen LogP contribution in [0.4, 0.5) is 0 Å². The molecule has 21 heavy (non-hydrogen) atoms. The molecule has 1 aromatic heterocycles. The van der Waals surface area contributed by atoms with Crippen LogP contribution in [0.3, 0.4) is 0 Å². The minimum absolute atomic E-state index is 0.0287. The number of halogens is 3. The van der Waals surface area contributed by atoms with Crippen LogP contribution in [0.15, 0.2) is 17.5 Å². The van der Waals surface area contributed by atoms with Crippen LogP contribution in [0, 0.1) is 0 Å². The smallest absolute Gasteiger partial charge is 0.262 e. The summed E-state index contributed by atoms with van der Waals surface area (Å²) in [4.78, 5) is 12.5. The first-order chi connectivity index (χ1) is 9.67. The molecule has 1 amide bonds. The summed E-state index contributed by atoms with van der Waals surface area (Å²) in [7, 11) is -3.06. The summed E-state index contributed by atoms with van der Waals surface area (Å²) < 4.78 is 21.1. The maximum Gasteiger partial charge on any atom is 0.262 e. The largest absolute Gasteiger partial charge is 0.332 e. The quantitative estimate of drug-likeness (QED) is 0.607. The first-order valence-corrected chi connectivity index (χ1v) is 9.88. The molecule has 0 saturated carbocycles. The molecule has 0 radical (unpaired) electrons. The third-order valence-electron chi connectivity index (χ3n) is 2.98. The molecule has 118 valence electrons. The topological polar surface area (TPSA) is 75.3 Å². The first kappa shape index (κ1) is 17.3. The molecule has 10 heteroatoms. The van der Waals surface area contributed by atoms with Crippen molar-refractivity contribution in [2.45, 2.75) is 22.4 Å². The fourth-order valence-corrected chi connectivity index (χ4v) is 4.66. The van der Waals surface area contributed by atoms with Gasteiger partial charge in [-0.2, -0.15) is 0 Å². The summed E-state index contributed by atoms with van der Waals surface area (Å²) in [5.41, 5.74) is 0. The number of sulfone groups is 1. The van der Waals surface area contributed by atoms with Crippen LogP contribution in [0.25, 0.3) is 0 Å². The van der Waals surface area contributed by atoms with Crippen molar-refractivity contribution in [1.29, 1.82) is 0 Å². The third kappa shape index (κ3) is 4.97. The number of rotatable bonds is 4. The summed E-state index contributed by atoms with van der Waals surface area (Å²) in [6.45, 7) is 0. The van der Waals surface area contributed by atoms with Gasteiger partial charge in [-0.15, -0.1) is 11.3 Å². The standard InChI is InChI=1S/C11H13Cl3N2O3S2/c12-11(13,14)10(15-7-3-5-21(18,19)6-7)16-9(17)8-2-1-4-20-8/h1-2,4,7,10,15H,3,5-6H2,(H,16,17)/t7-,10-/m0/s1. The minimum Gasteiger partial charge on any atom is -0.332 e. The van der Waals surface area contributed by atoms with Crippen molar-refractivity contribution in [2.75, 3.05) is 11.5 Å². The SMILES string of the molecule is O=C(N[C@H](N[C@H]1CCS(=O)(=O)C1)C(Cl)(Cl)Cl)c1cccs1. The van der Waals surface area contributed by atoms with E-state index in [0.29, 0.717) is 11.3 Å². The fraction of sp³-hybridized carbons (Fsp3) is 0.545. The highest BCUT2D eigenvalue weighted by Gasteiger charge is 2.38. The van der Waals surface area contributed by atoms with Crippen molar-refractivity contribution in [1.82, 2.24) is 10.6 Å². The molecular formula is C11H13Cl3N2O3S2. The number of nitrogens with one attached hydrogen (secondary N) is 2. The zero-order chi connectivity index (χ0) is 15.7. The highest BCUT2D eigenvalue weighted by atomic mass is 35.6. The number of alkyl halides is 3. The van der Waals surface area contributed by atoms with E-state index >= 15 is 0 Å². The van der Waals surface area contributed by atoms with Gasteiger partial charge in [-0.25, -0.2) is 8.42 Å². The Bertz CT molecular complexity index is 599. The Morgan fingerprint density at radius 2 is 2.14 bits per heavy atom. The number of carbonyl (C=O) groups excluding carboxylic acids is 1. The molecule has 1 saturated heterocycles. The molecule has 1 fully saturated rings. The van der Waals surface area contributed by atoms with E-state index in [2.05, 4.69) is 10.6 Å². The monoisotopic (exact) mass is 390 g/mol. The number of amides is 1. The minimum atomic E-state index is -3.06. The molecule has 2 atom stereocenters. The van der Waals surface area contributed by atoms with E-state index < -0.39 is 19.8 Å². The average Bonchev–Trinajstić information content (AvgIpc) is 2.96. The molecule has 0 unspecified atom stereocenters. The number of thiophene rings is 1. The lowest BCUT2D eigenvalue weighted by atomic mass is 10.2. The van der Waals surface area contributed by atoms with E-state index in [0.717, 1.165) is 0 Å². The van der Waals surface area contributed by atoms with Crippen molar-refractivity contribution in [3.63, 3.8) is 0 Å². The maximum absolute atomic E-state index is 12.0. The summed E-state index contributed by atoms with van der Waals surface area (Å²) in [5, 5.41) is 7.25. The van der Waals surface area contributed by atoms with Crippen molar-refractivity contribution in [2.24, 2.45) is 0 Å². The summed E-state index contributed by atoms with van der Waals surface area (Å²) in [5.74, 6) is -0.315. The predicted octanol–water partition coefficient (Wildman–Crippen LogP) is 1.95. The first-order valence-electron chi connectivity index (χ1n) is 6.05. The van der Waals surface area contributed by atoms with Crippen LogP contribution in [0.2, 0.25) is 0 Å². The van der Waals surface area contributed by atoms with Crippen LogP contribution >= 0.6 is 46.1 Å². The molecule has 1 aliphatic heterocycles.